The summed E-state index contributed by atoms with van der Waals surface area (Å²) in [7, 11) is 0. The van der Waals surface area contributed by atoms with Crippen LogP contribution < -0.4 is 4.74 Å². The first-order valence-corrected chi connectivity index (χ1v) is 11.1. The van der Waals surface area contributed by atoms with Gasteiger partial charge in [0.15, 0.2) is 0 Å². The molecular weight excluding hydrogens is 484 g/mol. The van der Waals surface area contributed by atoms with Crippen molar-refractivity contribution in [3.05, 3.63) is 112 Å². The Labute approximate surface area is 200 Å². The van der Waals surface area contributed by atoms with Gasteiger partial charge in [0.1, 0.15) is 18.1 Å². The second-order valence-electron chi connectivity index (χ2n) is 7.47. The Balaban J connectivity index is 1.84. The number of ketones is 1. The van der Waals surface area contributed by atoms with Gasteiger partial charge in [-0.15, -0.1) is 0 Å². The number of hydrogen-bond acceptors (Lipinski definition) is 5. The average Bonchev–Trinajstić information content (AvgIpc) is 3.08. The molecule has 4 rings (SSSR count). The number of Topliss-reactive ketones (excluding diaryl/α,β-unsaturated/α-hetero) is 1. The molecule has 0 radical (unpaired) electrons. The molecule has 0 bridgehead atoms. The fourth-order valence-electron chi connectivity index (χ4n) is 3.77. The van der Waals surface area contributed by atoms with E-state index < -0.39 is 17.7 Å². The van der Waals surface area contributed by atoms with Gasteiger partial charge in [-0.05, 0) is 41.5 Å². The lowest BCUT2D eigenvalue weighted by atomic mass is 9.95. The van der Waals surface area contributed by atoms with Crippen LogP contribution >= 0.6 is 15.9 Å². The van der Waals surface area contributed by atoms with Crippen LogP contribution in [0.3, 0.4) is 0 Å². The number of ether oxygens (including phenoxy) is 1. The topological polar surface area (TPSA) is 79.7 Å². The van der Waals surface area contributed by atoms with Crippen molar-refractivity contribution in [1.29, 1.82) is 0 Å². The number of nitrogens with zero attached hydrogens (tertiary/aromatic N) is 2. The maximum Gasteiger partial charge on any atom is 0.295 e. The quantitative estimate of drug-likeness (QED) is 0.211. The lowest BCUT2D eigenvalue weighted by molar-refractivity contribution is -0.140. The first kappa shape index (κ1) is 22.5. The fourth-order valence-corrected chi connectivity index (χ4v) is 4.04. The number of rotatable bonds is 7. The highest BCUT2D eigenvalue weighted by molar-refractivity contribution is 9.10. The Bertz CT molecular complexity index is 1220. The number of halogens is 1. The van der Waals surface area contributed by atoms with E-state index in [9.17, 15) is 14.7 Å². The standard InChI is InChI=1S/C26H21BrN2O4/c1-2-13-33-21-7-3-6-19(14-21)23-22(24(30)18-8-10-20(27)11-9-18)25(31)26(32)29(23)16-17-5-4-12-28-15-17/h2-12,14-15,23,30H,1,13,16H2/t23-/m0/s1. The molecule has 1 saturated heterocycles. The van der Waals surface area contributed by atoms with E-state index in [0.29, 0.717) is 23.5 Å². The highest BCUT2D eigenvalue weighted by Gasteiger charge is 2.46. The first-order chi connectivity index (χ1) is 16.0. The van der Waals surface area contributed by atoms with Crippen molar-refractivity contribution in [2.45, 2.75) is 12.6 Å². The van der Waals surface area contributed by atoms with Crippen LogP contribution in [0.15, 0.2) is 95.8 Å². The molecule has 166 valence electrons. The molecule has 1 N–H and O–H groups in total. The van der Waals surface area contributed by atoms with Crippen LogP contribution in [0.1, 0.15) is 22.7 Å². The van der Waals surface area contributed by atoms with Crippen LogP contribution in [-0.4, -0.2) is 33.3 Å². The van der Waals surface area contributed by atoms with E-state index >= 15 is 0 Å². The molecule has 3 aromatic rings. The monoisotopic (exact) mass is 504 g/mol. The van der Waals surface area contributed by atoms with Gasteiger partial charge in [0.25, 0.3) is 11.7 Å². The Hall–Kier alpha value is -3.71. The molecule has 0 aliphatic carbocycles. The van der Waals surface area contributed by atoms with Crippen molar-refractivity contribution in [3.8, 4) is 5.75 Å². The molecule has 1 fully saturated rings. The first-order valence-electron chi connectivity index (χ1n) is 10.3. The van der Waals surface area contributed by atoms with Gasteiger partial charge in [-0.2, -0.15) is 0 Å². The number of aliphatic hydroxyl groups is 1. The summed E-state index contributed by atoms with van der Waals surface area (Å²) in [6.45, 7) is 4.14. The number of aromatic nitrogens is 1. The van der Waals surface area contributed by atoms with Crippen LogP contribution in [0.25, 0.3) is 5.76 Å². The van der Waals surface area contributed by atoms with Crippen molar-refractivity contribution in [3.63, 3.8) is 0 Å². The predicted octanol–water partition coefficient (Wildman–Crippen LogP) is 5.03. The molecule has 33 heavy (non-hydrogen) atoms. The highest BCUT2D eigenvalue weighted by Crippen LogP contribution is 2.41. The number of aliphatic hydroxyl groups excluding tert-OH is 1. The van der Waals surface area contributed by atoms with Gasteiger partial charge in [0, 0.05) is 29.0 Å². The number of likely N-dealkylation sites (tertiary alicyclic amines) is 1. The fraction of sp³-hybridized carbons (Fsp3) is 0.115. The van der Waals surface area contributed by atoms with E-state index in [-0.39, 0.29) is 17.9 Å². The summed E-state index contributed by atoms with van der Waals surface area (Å²) in [5.74, 6) is -1.07. The molecule has 2 aromatic carbocycles. The highest BCUT2D eigenvalue weighted by atomic mass is 79.9. The van der Waals surface area contributed by atoms with E-state index in [2.05, 4.69) is 27.5 Å². The van der Waals surface area contributed by atoms with Crippen molar-refractivity contribution in [1.82, 2.24) is 9.88 Å². The minimum Gasteiger partial charge on any atom is -0.507 e. The van der Waals surface area contributed by atoms with Crippen LogP contribution in [0.4, 0.5) is 0 Å². The third-order valence-electron chi connectivity index (χ3n) is 5.28. The zero-order chi connectivity index (χ0) is 23.4. The molecule has 1 aliphatic rings. The molecule has 0 saturated carbocycles. The predicted molar refractivity (Wildman–Crippen MR) is 128 cm³/mol. The van der Waals surface area contributed by atoms with Gasteiger partial charge in [-0.1, -0.05) is 58.9 Å². The molecule has 1 amide bonds. The van der Waals surface area contributed by atoms with Gasteiger partial charge in [0.05, 0.1) is 11.6 Å². The Kier molecular flexibility index (Phi) is 6.70. The number of carbonyl (C=O) groups is 2. The van der Waals surface area contributed by atoms with E-state index in [1.165, 1.54) is 4.90 Å². The minimum absolute atomic E-state index is 0.0343. The molecule has 6 nitrogen and oxygen atoms in total. The SMILES string of the molecule is C=CCOc1cccc([C@H]2C(=C(O)c3ccc(Br)cc3)C(=O)C(=O)N2Cc2cccnc2)c1. The van der Waals surface area contributed by atoms with Crippen LogP contribution in [0, 0.1) is 0 Å². The normalized spacial score (nSPS) is 17.2. The third-order valence-corrected chi connectivity index (χ3v) is 5.80. The van der Waals surface area contributed by atoms with E-state index in [1.807, 2.05) is 12.1 Å². The number of pyridine rings is 1. The minimum atomic E-state index is -0.791. The number of benzene rings is 2. The second-order valence-corrected chi connectivity index (χ2v) is 8.38. The van der Waals surface area contributed by atoms with Gasteiger partial charge < -0.3 is 14.7 Å². The summed E-state index contributed by atoms with van der Waals surface area (Å²) in [4.78, 5) is 31.8. The maximum atomic E-state index is 13.1. The van der Waals surface area contributed by atoms with Gasteiger partial charge in [-0.25, -0.2) is 0 Å². The summed E-state index contributed by atoms with van der Waals surface area (Å²) in [6, 6.07) is 16.9. The lowest BCUT2D eigenvalue weighted by Gasteiger charge is -2.25. The van der Waals surface area contributed by atoms with Gasteiger partial charge >= 0.3 is 0 Å². The maximum absolute atomic E-state index is 13.1. The molecule has 2 heterocycles. The molecule has 1 aromatic heterocycles. The third kappa shape index (κ3) is 4.73. The summed E-state index contributed by atoms with van der Waals surface area (Å²) in [6.07, 6.45) is 4.92. The zero-order valence-corrected chi connectivity index (χ0v) is 19.2. The van der Waals surface area contributed by atoms with Crippen molar-refractivity contribution in [2.24, 2.45) is 0 Å². The second kappa shape index (κ2) is 9.83. The van der Waals surface area contributed by atoms with Crippen molar-refractivity contribution < 1.29 is 19.4 Å². The molecule has 1 aliphatic heterocycles. The molecule has 7 heteroatoms. The number of hydrogen-bond donors (Lipinski definition) is 1. The summed E-state index contributed by atoms with van der Waals surface area (Å²) in [5.41, 5.74) is 1.90. The van der Waals surface area contributed by atoms with Gasteiger partial charge in [-0.3, -0.25) is 14.6 Å². The van der Waals surface area contributed by atoms with Crippen LogP contribution in [0.5, 0.6) is 5.75 Å². The zero-order valence-electron chi connectivity index (χ0n) is 17.6. The summed E-state index contributed by atoms with van der Waals surface area (Å²) in [5, 5.41) is 11.1. The number of carbonyl (C=O) groups excluding carboxylic acids is 2. The number of amides is 1. The Morgan fingerprint density at radius 1 is 1.15 bits per heavy atom. The smallest absolute Gasteiger partial charge is 0.295 e. The van der Waals surface area contributed by atoms with Crippen molar-refractivity contribution in [2.75, 3.05) is 6.61 Å². The Morgan fingerprint density at radius 3 is 2.64 bits per heavy atom. The Morgan fingerprint density at radius 2 is 1.94 bits per heavy atom. The van der Waals surface area contributed by atoms with E-state index in [4.69, 9.17) is 4.74 Å². The van der Waals surface area contributed by atoms with Gasteiger partial charge in [0.2, 0.25) is 0 Å². The summed E-state index contributed by atoms with van der Waals surface area (Å²) < 4.78 is 6.49. The van der Waals surface area contributed by atoms with Crippen molar-refractivity contribution >= 4 is 33.4 Å². The van der Waals surface area contributed by atoms with E-state index in [0.717, 1.165) is 10.0 Å². The van der Waals surface area contributed by atoms with Crippen LogP contribution in [-0.2, 0) is 16.1 Å². The summed E-state index contributed by atoms with van der Waals surface area (Å²) >= 11 is 3.37. The molecule has 1 atom stereocenters. The lowest BCUT2D eigenvalue weighted by Crippen LogP contribution is -2.29. The van der Waals surface area contributed by atoms with Crippen LogP contribution in [0.2, 0.25) is 0 Å². The molecular formula is C26H21BrN2O4. The molecule has 0 unspecified atom stereocenters. The average molecular weight is 505 g/mol. The largest absolute Gasteiger partial charge is 0.507 e. The van der Waals surface area contributed by atoms with E-state index in [1.54, 1.807) is 67.0 Å². The molecule has 0 spiro atoms.